The smallest absolute Gasteiger partial charge is 0.0566 e. The molecule has 4 N–H and O–H groups in total. The molecular formula is C54H34N4. The molecule has 0 aliphatic carbocycles. The topological polar surface area (TPSA) is 63.2 Å². The van der Waals surface area contributed by atoms with Gasteiger partial charge in [-0.25, -0.2) is 0 Å². The van der Waals surface area contributed by atoms with E-state index in [4.69, 9.17) is 0 Å². The maximum atomic E-state index is 4.04. The van der Waals surface area contributed by atoms with Crippen LogP contribution in [0.15, 0.2) is 164 Å². The Labute approximate surface area is 331 Å². The summed E-state index contributed by atoms with van der Waals surface area (Å²) in [6, 6.07) is 59.7. The fraction of sp³-hybridized carbons (Fsp3) is 0. The average molecular weight is 739 g/mol. The molecule has 1 aliphatic heterocycles. The van der Waals surface area contributed by atoms with Gasteiger partial charge in [-0.1, -0.05) is 152 Å². The molecule has 8 aromatic carbocycles. The summed E-state index contributed by atoms with van der Waals surface area (Å²) in [7, 11) is 0. The van der Waals surface area contributed by atoms with Crippen molar-refractivity contribution in [3.63, 3.8) is 0 Å². The molecule has 270 valence electrons. The first kappa shape index (κ1) is 31.4. The highest BCUT2D eigenvalue weighted by atomic mass is 14.8. The predicted molar refractivity (Wildman–Crippen MR) is 243 cm³/mol. The quantitative estimate of drug-likeness (QED) is 0.0958. The van der Waals surface area contributed by atoms with Gasteiger partial charge in [0.2, 0.25) is 0 Å². The van der Waals surface area contributed by atoms with Gasteiger partial charge in [-0.3, -0.25) is 0 Å². The first-order valence-corrected chi connectivity index (χ1v) is 19.9. The summed E-state index contributed by atoms with van der Waals surface area (Å²) < 4.78 is 0. The van der Waals surface area contributed by atoms with Crippen LogP contribution in [-0.2, 0) is 0 Å². The van der Waals surface area contributed by atoms with Gasteiger partial charge in [-0.05, 0) is 68.2 Å². The van der Waals surface area contributed by atoms with Crippen LogP contribution >= 0.6 is 0 Å². The lowest BCUT2D eigenvalue weighted by Gasteiger charge is -2.13. The van der Waals surface area contributed by atoms with E-state index in [-0.39, 0.29) is 0 Å². The number of rotatable bonds is 1. The van der Waals surface area contributed by atoms with Crippen LogP contribution in [0.4, 0.5) is 0 Å². The number of H-pyrrole nitrogens is 4. The van der Waals surface area contributed by atoms with E-state index in [9.17, 15) is 0 Å². The molecule has 4 heteroatoms. The van der Waals surface area contributed by atoms with E-state index in [1.165, 1.54) is 81.0 Å². The third-order valence-corrected chi connectivity index (χ3v) is 12.4. The van der Waals surface area contributed by atoms with Crippen LogP contribution in [0.1, 0.15) is 28.3 Å². The zero-order chi connectivity index (χ0) is 37.9. The standard InChI is InChI=1S/C54H34N4/c1-2-14-34-31(12-1)24-25-33-27-45-32(26-44(33)34)13-11-23-41(45)52-53-42-21-9-7-19-39(42)50(57-53)29-48-37-17-5-3-15-35(37)46(55-48)28-47-36-16-4-6-18-38(36)49(56-47)30-51-40-20-8-10-22-43(40)54(52)58-51/h1-30,55-58H. The molecule has 4 nitrogen and oxygen atoms in total. The number of hydrogen-bond acceptors (Lipinski definition) is 0. The monoisotopic (exact) mass is 738 g/mol. The van der Waals surface area contributed by atoms with Crippen molar-refractivity contribution in [3.05, 3.63) is 214 Å². The molecule has 13 rings (SSSR count). The summed E-state index contributed by atoms with van der Waals surface area (Å²) in [5, 5.41) is 21.1. The van der Waals surface area contributed by atoms with Crippen LogP contribution in [0.3, 0.4) is 0 Å². The molecule has 0 amide bonds. The SMILES string of the molecule is C1=c2[nH]c(c3ccccc23)=Cc2[nH]c(c3ccccc23)C(c2cccc3cc4c(ccc5ccccc54)cc23)=c2[nH]c(c3ccccc23)=Cc2[nH]c1c1ccccc21. The normalized spacial score (nSPS) is 12.9. The van der Waals surface area contributed by atoms with Crippen molar-refractivity contribution in [1.82, 2.24) is 19.9 Å². The van der Waals surface area contributed by atoms with E-state index in [2.05, 4.69) is 202 Å². The van der Waals surface area contributed by atoms with Crippen molar-refractivity contribution in [1.29, 1.82) is 0 Å². The third kappa shape index (κ3) is 4.51. The molecule has 5 heterocycles. The van der Waals surface area contributed by atoms with Gasteiger partial charge in [0.1, 0.15) is 0 Å². The maximum absolute atomic E-state index is 4.04. The average Bonchev–Trinajstić information content (AvgIpc) is 4.02. The number of aromatic amines is 4. The van der Waals surface area contributed by atoms with Crippen LogP contribution in [0.25, 0.3) is 99.2 Å². The van der Waals surface area contributed by atoms with Gasteiger partial charge in [0.25, 0.3) is 0 Å². The van der Waals surface area contributed by atoms with Gasteiger partial charge < -0.3 is 19.9 Å². The van der Waals surface area contributed by atoms with Crippen molar-refractivity contribution in [2.75, 3.05) is 0 Å². The molecule has 4 aromatic heterocycles. The number of nitrogens with one attached hydrogen (secondary N) is 4. The Kier molecular flexibility index (Phi) is 6.41. The van der Waals surface area contributed by atoms with Crippen LogP contribution in [0, 0.1) is 0 Å². The zero-order valence-corrected chi connectivity index (χ0v) is 31.3. The second kappa shape index (κ2) is 11.8. The van der Waals surface area contributed by atoms with E-state index in [1.54, 1.807) is 0 Å². The molecular weight excluding hydrogens is 705 g/mol. The molecule has 0 radical (unpaired) electrons. The second-order valence-corrected chi connectivity index (χ2v) is 15.6. The first-order chi connectivity index (χ1) is 28.7. The molecule has 0 unspecified atom stereocenters. The van der Waals surface area contributed by atoms with Gasteiger partial charge in [0.05, 0.1) is 11.0 Å². The van der Waals surface area contributed by atoms with Crippen molar-refractivity contribution < 1.29 is 0 Å². The summed E-state index contributed by atoms with van der Waals surface area (Å²) in [5.74, 6) is 0. The minimum absolute atomic E-state index is 1.06. The van der Waals surface area contributed by atoms with Crippen LogP contribution in [0.5, 0.6) is 0 Å². The van der Waals surface area contributed by atoms with Crippen LogP contribution < -0.4 is 21.4 Å². The van der Waals surface area contributed by atoms with E-state index in [1.807, 2.05) is 0 Å². The molecule has 0 atom stereocenters. The molecule has 12 aromatic rings. The Hall–Kier alpha value is -7.82. The van der Waals surface area contributed by atoms with Crippen molar-refractivity contribution >= 4 is 99.2 Å². The van der Waals surface area contributed by atoms with E-state index in [0.29, 0.717) is 0 Å². The van der Waals surface area contributed by atoms with Gasteiger partial charge in [0.15, 0.2) is 0 Å². The van der Waals surface area contributed by atoms with Crippen molar-refractivity contribution in [3.8, 4) is 0 Å². The zero-order valence-electron chi connectivity index (χ0n) is 31.3. The first-order valence-electron chi connectivity index (χ1n) is 19.9. The number of fused-ring (bicyclic) bond motifs is 24. The van der Waals surface area contributed by atoms with Gasteiger partial charge in [-0.2, -0.15) is 0 Å². The largest absolute Gasteiger partial charge is 0.354 e. The Morgan fingerprint density at radius 3 is 1.43 bits per heavy atom. The van der Waals surface area contributed by atoms with E-state index in [0.717, 1.165) is 49.7 Å². The Bertz CT molecular complexity index is 3980. The predicted octanol–water partition coefficient (Wildman–Crippen LogP) is 10.1. The lowest BCUT2D eigenvalue weighted by molar-refractivity contribution is 1.23. The summed E-state index contributed by atoms with van der Waals surface area (Å²) in [5.41, 5.74) is 6.56. The highest BCUT2D eigenvalue weighted by molar-refractivity contribution is 6.15. The molecule has 0 spiro atoms. The van der Waals surface area contributed by atoms with Crippen molar-refractivity contribution in [2.45, 2.75) is 0 Å². The van der Waals surface area contributed by atoms with E-state index < -0.39 is 0 Å². The minimum atomic E-state index is 1.06. The Morgan fingerprint density at radius 2 is 0.741 bits per heavy atom. The molecule has 0 fully saturated rings. The van der Waals surface area contributed by atoms with Crippen molar-refractivity contribution in [2.24, 2.45) is 0 Å². The number of hydrogen-bond donors (Lipinski definition) is 4. The van der Waals surface area contributed by atoms with E-state index >= 15 is 0 Å². The molecule has 0 saturated carbocycles. The molecule has 0 saturated heterocycles. The second-order valence-electron chi connectivity index (χ2n) is 15.6. The third-order valence-electron chi connectivity index (χ3n) is 12.4. The van der Waals surface area contributed by atoms with Gasteiger partial charge in [0, 0.05) is 81.8 Å². The van der Waals surface area contributed by atoms with Crippen LogP contribution in [-0.4, -0.2) is 19.9 Å². The minimum Gasteiger partial charge on any atom is -0.354 e. The summed E-state index contributed by atoms with van der Waals surface area (Å²) in [4.78, 5) is 15.8. The number of aromatic nitrogens is 4. The lowest BCUT2D eigenvalue weighted by Crippen LogP contribution is -2.16. The lowest BCUT2D eigenvalue weighted by atomic mass is 9.91. The number of benzene rings is 8. The fourth-order valence-electron chi connectivity index (χ4n) is 9.78. The summed E-state index contributed by atoms with van der Waals surface area (Å²) >= 11 is 0. The molecule has 1 aliphatic rings. The summed E-state index contributed by atoms with van der Waals surface area (Å²) in [6.45, 7) is 0. The molecule has 58 heavy (non-hydrogen) atoms. The maximum Gasteiger partial charge on any atom is 0.0566 e. The summed E-state index contributed by atoms with van der Waals surface area (Å²) in [6.07, 6.45) is 6.85. The molecule has 8 bridgehead atoms. The Morgan fingerprint density at radius 1 is 0.276 bits per heavy atom. The highest BCUT2D eigenvalue weighted by Gasteiger charge is 2.21. The van der Waals surface area contributed by atoms with Crippen LogP contribution in [0.2, 0.25) is 0 Å². The van der Waals surface area contributed by atoms with Gasteiger partial charge in [-0.15, -0.1) is 0 Å². The highest BCUT2D eigenvalue weighted by Crippen LogP contribution is 2.37. The van der Waals surface area contributed by atoms with Gasteiger partial charge >= 0.3 is 0 Å². The Balaban J connectivity index is 1.24. The fourth-order valence-corrected chi connectivity index (χ4v) is 9.78.